The zero-order valence-corrected chi connectivity index (χ0v) is 67.0. The lowest BCUT2D eigenvalue weighted by Gasteiger charge is -2.34. The number of fused-ring (bicyclic) bond motifs is 12. The summed E-state index contributed by atoms with van der Waals surface area (Å²) < 4.78 is 28.0. The van der Waals surface area contributed by atoms with Gasteiger partial charge in [0.1, 0.15) is 11.6 Å². The van der Waals surface area contributed by atoms with Crippen molar-refractivity contribution in [3.05, 3.63) is 502 Å². The molecule has 0 aliphatic heterocycles. The van der Waals surface area contributed by atoms with Gasteiger partial charge in [-0.3, -0.25) is 0 Å². The highest BCUT2D eigenvalue weighted by Crippen LogP contribution is 2.59. The Kier molecular flexibility index (Phi) is 20.1. The highest BCUT2D eigenvalue weighted by atomic mass is 19.1. The second kappa shape index (κ2) is 31.5. The maximum absolute atomic E-state index is 14.0. The molecule has 17 aromatic carbocycles. The van der Waals surface area contributed by atoms with Gasteiger partial charge in [0.05, 0.1) is 10.8 Å². The Morgan fingerprint density at radius 1 is 0.195 bits per heavy atom. The van der Waals surface area contributed by atoms with Gasteiger partial charge in [-0.1, -0.05) is 331 Å². The fourth-order valence-corrected chi connectivity index (χ4v) is 18.7. The summed E-state index contributed by atoms with van der Waals surface area (Å²) in [5.74, 6) is -0.576. The summed E-state index contributed by atoms with van der Waals surface area (Å²) in [6.45, 7) is 13.6. The zero-order valence-electron chi connectivity index (χ0n) is 67.0. The van der Waals surface area contributed by atoms with Gasteiger partial charge in [0.15, 0.2) is 0 Å². The van der Waals surface area contributed by atoms with Gasteiger partial charge in [0.25, 0.3) is 0 Å². The van der Waals surface area contributed by atoms with E-state index in [1.165, 1.54) is 130 Å². The van der Waals surface area contributed by atoms with Crippen LogP contribution in [0.2, 0.25) is 0 Å². The first kappa shape index (κ1) is 75.2. The first-order valence-corrected chi connectivity index (χ1v) is 40.7. The van der Waals surface area contributed by atoms with E-state index >= 15 is 0 Å². The van der Waals surface area contributed by atoms with Gasteiger partial charge in [-0.15, -0.1) is 0 Å². The first-order valence-electron chi connectivity index (χ1n) is 40.7. The van der Waals surface area contributed by atoms with Crippen LogP contribution in [0.3, 0.4) is 0 Å². The minimum Gasteiger partial charge on any atom is -0.356 e. The van der Waals surface area contributed by atoms with Gasteiger partial charge in [-0.25, -0.2) is 8.78 Å². The second-order valence-electron chi connectivity index (χ2n) is 32.2. The van der Waals surface area contributed by atoms with Crippen molar-refractivity contribution in [1.29, 1.82) is 0 Å². The topological polar surface area (TPSA) is 48.1 Å². The number of aryl methyl sites for hydroxylation is 2. The zero-order chi connectivity index (χ0) is 80.5. The van der Waals surface area contributed by atoms with Crippen LogP contribution in [0.25, 0.3) is 55.6 Å². The third-order valence-electron chi connectivity index (χ3n) is 24.4. The summed E-state index contributed by atoms with van der Waals surface area (Å²) in [4.78, 5) is 0. The van der Waals surface area contributed by atoms with Crippen molar-refractivity contribution >= 4 is 45.5 Å². The SMILES string of the molecule is CC1(C)c2ccccc2-c2cc(Nc3ccc(-c4ccccc4)cc3)ccc21.CC1(C)c2ccccc2-c2cc(Nc3ccccc3)ccc21.Cc1cccc(C)c1Nc1ccc2c(c1)C(c1ccccc1)(c1ccccc1)c1ccccc1-2.Fc1ccc(C2(c3ccc(F)cc3)c3ccccc3-c3ccc(Nc4ccccc4)cc32)cc1. The Hall–Kier alpha value is -14.2. The van der Waals surface area contributed by atoms with Crippen molar-refractivity contribution in [3.8, 4) is 55.6 Å². The normalized spacial score (nSPS) is 13.5. The second-order valence-corrected chi connectivity index (χ2v) is 32.2. The van der Waals surface area contributed by atoms with E-state index in [9.17, 15) is 8.78 Å². The van der Waals surface area contributed by atoms with Crippen molar-refractivity contribution in [3.63, 3.8) is 0 Å². The lowest BCUT2D eigenvalue weighted by atomic mass is 9.67. The molecule has 4 nitrogen and oxygen atoms in total. The highest BCUT2D eigenvalue weighted by molar-refractivity contribution is 5.91. The number of rotatable bonds is 13. The van der Waals surface area contributed by atoms with Crippen LogP contribution < -0.4 is 21.3 Å². The van der Waals surface area contributed by atoms with Crippen LogP contribution in [0.1, 0.15) is 106 Å². The predicted octanol–water partition coefficient (Wildman–Crippen LogP) is 29.6. The van der Waals surface area contributed by atoms with Crippen molar-refractivity contribution in [1.82, 2.24) is 0 Å². The smallest absolute Gasteiger partial charge is 0.123 e. The number of para-hydroxylation sites is 3. The minimum atomic E-state index is -0.707. The molecule has 0 spiro atoms. The molecular formula is C112H90F2N4. The fourth-order valence-electron chi connectivity index (χ4n) is 18.7. The van der Waals surface area contributed by atoms with E-state index in [1.807, 2.05) is 91.0 Å². The summed E-state index contributed by atoms with van der Waals surface area (Å²) in [7, 11) is 0. The molecule has 17 aromatic rings. The summed E-state index contributed by atoms with van der Waals surface area (Å²) in [5, 5.41) is 14.3. The molecule has 0 radical (unpaired) electrons. The van der Waals surface area contributed by atoms with Gasteiger partial charge in [0, 0.05) is 56.3 Å². The average molecular weight is 1530 g/mol. The fraction of sp³-hybridized carbons (Fsp3) is 0.0893. The van der Waals surface area contributed by atoms with E-state index in [1.54, 1.807) is 0 Å². The van der Waals surface area contributed by atoms with Gasteiger partial charge >= 0.3 is 0 Å². The summed E-state index contributed by atoms with van der Waals surface area (Å²) >= 11 is 0. The van der Waals surface area contributed by atoms with E-state index in [0.29, 0.717) is 0 Å². The summed E-state index contributed by atoms with van der Waals surface area (Å²) in [5.41, 5.74) is 37.9. The maximum Gasteiger partial charge on any atom is 0.123 e. The number of hydrogen-bond acceptors (Lipinski definition) is 4. The molecule has 0 saturated heterocycles. The average Bonchev–Trinajstić information content (AvgIpc) is 1.55. The quantitative estimate of drug-likeness (QED) is 0.0929. The largest absolute Gasteiger partial charge is 0.356 e. The van der Waals surface area contributed by atoms with Gasteiger partial charge in [0.2, 0.25) is 0 Å². The molecule has 118 heavy (non-hydrogen) atoms. The van der Waals surface area contributed by atoms with Crippen molar-refractivity contribution in [2.24, 2.45) is 0 Å². The van der Waals surface area contributed by atoms with Crippen LogP contribution in [-0.4, -0.2) is 0 Å². The van der Waals surface area contributed by atoms with E-state index in [0.717, 1.165) is 73.2 Å². The van der Waals surface area contributed by atoms with Crippen LogP contribution in [0, 0.1) is 25.5 Å². The van der Waals surface area contributed by atoms with Crippen molar-refractivity contribution in [2.75, 3.05) is 21.3 Å². The minimum absolute atomic E-state index is 0.0573. The first-order chi connectivity index (χ1) is 57.6. The lowest BCUT2D eigenvalue weighted by Crippen LogP contribution is -2.28. The van der Waals surface area contributed by atoms with E-state index in [-0.39, 0.29) is 27.9 Å². The van der Waals surface area contributed by atoms with E-state index in [2.05, 4.69) is 360 Å². The Balaban J connectivity index is 0.000000110. The molecule has 0 amide bonds. The van der Waals surface area contributed by atoms with Crippen LogP contribution in [0.15, 0.2) is 413 Å². The molecule has 0 aromatic heterocycles. The number of nitrogens with one attached hydrogen (secondary N) is 4. The molecular weight excluding hydrogens is 1440 g/mol. The molecule has 4 aliphatic carbocycles. The van der Waals surface area contributed by atoms with Crippen LogP contribution in [0.5, 0.6) is 0 Å². The van der Waals surface area contributed by atoms with Crippen LogP contribution in [-0.2, 0) is 21.7 Å². The third kappa shape index (κ3) is 13.8. The van der Waals surface area contributed by atoms with Crippen molar-refractivity contribution < 1.29 is 8.78 Å². The molecule has 4 N–H and O–H groups in total. The van der Waals surface area contributed by atoms with Crippen molar-refractivity contribution in [2.45, 2.75) is 63.2 Å². The molecule has 6 heteroatoms. The molecule has 572 valence electrons. The Labute approximate surface area is 692 Å². The maximum atomic E-state index is 14.0. The highest BCUT2D eigenvalue weighted by Gasteiger charge is 2.48. The van der Waals surface area contributed by atoms with E-state index < -0.39 is 5.41 Å². The number of halogens is 2. The van der Waals surface area contributed by atoms with Gasteiger partial charge in [-0.2, -0.15) is 0 Å². The molecule has 0 saturated carbocycles. The van der Waals surface area contributed by atoms with Crippen LogP contribution >= 0.6 is 0 Å². The van der Waals surface area contributed by atoms with E-state index in [4.69, 9.17) is 0 Å². The Bertz CT molecular complexity index is 6390. The molecule has 0 unspecified atom stereocenters. The molecule has 0 fully saturated rings. The standard InChI is InChI=1S/C33H27N.C31H21F2N.C27H23N.C21H19N/c1-23-12-11-13-24(2)32(23)34-27-20-21-29-28-18-9-10-19-30(28)33(31(29)22-27,25-14-5-3-6-15-25)26-16-7-4-8-17-26;32-23-14-10-21(11-15-23)31(22-12-16-24(33)17-13-22)29-9-5-4-8-27(29)28-19-18-26(20-30(28)31)34-25-6-2-1-3-7-25;1-27(2)25-11-7-6-10-23(25)24-18-22(16-17-26(24)27)28-21-14-12-20(13-15-21)19-8-4-3-5-9-19;1-21(2)19-11-7-6-10-17(19)18-14-16(12-13-20(18)21)22-15-8-4-3-5-9-15/h3-22,34H,1-2H3;1-20,34H;3-18,28H,1-2H3;3-14,22H,1-2H3. The third-order valence-corrected chi connectivity index (χ3v) is 24.4. The monoisotopic (exact) mass is 1530 g/mol. The molecule has 0 atom stereocenters. The van der Waals surface area contributed by atoms with Gasteiger partial charge < -0.3 is 21.3 Å². The molecule has 0 heterocycles. The molecule has 21 rings (SSSR count). The number of anilines is 8. The molecule has 0 bridgehead atoms. The lowest BCUT2D eigenvalue weighted by molar-refractivity contribution is 0.622. The summed E-state index contributed by atoms with van der Waals surface area (Å²) in [6.07, 6.45) is 0. The number of hydrogen-bond donors (Lipinski definition) is 4. The predicted molar refractivity (Wildman–Crippen MR) is 489 cm³/mol. The van der Waals surface area contributed by atoms with Crippen LogP contribution in [0.4, 0.5) is 54.3 Å². The summed E-state index contributed by atoms with van der Waals surface area (Å²) in [6, 6.07) is 142. The Morgan fingerprint density at radius 2 is 0.475 bits per heavy atom. The van der Waals surface area contributed by atoms with Gasteiger partial charge in [-0.05, 0) is 257 Å². The Morgan fingerprint density at radius 3 is 0.881 bits per heavy atom. The number of benzene rings is 17. The molecule has 4 aliphatic rings.